The fourth-order valence-electron chi connectivity index (χ4n) is 2.29. The molecule has 0 bridgehead atoms. The lowest BCUT2D eigenvalue weighted by Gasteiger charge is -2.10. The summed E-state index contributed by atoms with van der Waals surface area (Å²) in [6.07, 6.45) is 7.49. The van der Waals surface area contributed by atoms with Crippen molar-refractivity contribution in [2.45, 2.75) is 46.1 Å². The Kier molecular flexibility index (Phi) is 4.18. The van der Waals surface area contributed by atoms with Gasteiger partial charge in [-0.1, -0.05) is 31.2 Å². The third kappa shape index (κ3) is 2.63. The molecule has 0 aromatic carbocycles. The van der Waals surface area contributed by atoms with E-state index in [2.05, 4.69) is 22.6 Å². The summed E-state index contributed by atoms with van der Waals surface area (Å²) >= 11 is 0. The number of nitrogens with one attached hydrogen (secondary N) is 1. The Morgan fingerprint density at radius 2 is 2.11 bits per heavy atom. The Hall–Kier alpha value is -1.58. The van der Waals surface area contributed by atoms with E-state index in [1.807, 2.05) is 13.8 Å². The number of aryl methyl sites for hydroxylation is 2. The smallest absolute Gasteiger partial charge is 0.224 e. The van der Waals surface area contributed by atoms with Gasteiger partial charge in [0.1, 0.15) is 5.76 Å². The minimum absolute atomic E-state index is 0.111. The van der Waals surface area contributed by atoms with E-state index >= 15 is 0 Å². The predicted octanol–water partition coefficient (Wildman–Crippen LogP) is 2.38. The van der Waals surface area contributed by atoms with E-state index < -0.39 is 0 Å². The van der Waals surface area contributed by atoms with Crippen LogP contribution in [0.15, 0.2) is 16.7 Å². The maximum Gasteiger partial charge on any atom is 0.224 e. The van der Waals surface area contributed by atoms with Gasteiger partial charge in [0.15, 0.2) is 0 Å². The summed E-state index contributed by atoms with van der Waals surface area (Å²) in [7, 11) is 0. The molecule has 4 heteroatoms. The molecule has 0 saturated heterocycles. The molecule has 1 aliphatic carbocycles. The molecule has 0 radical (unpaired) electrons. The van der Waals surface area contributed by atoms with Gasteiger partial charge in [-0.05, 0) is 19.3 Å². The highest BCUT2D eigenvalue weighted by atomic mass is 16.5. The summed E-state index contributed by atoms with van der Waals surface area (Å²) in [6.45, 7) is 4.61. The largest absolute Gasteiger partial charge is 0.361 e. The number of amides is 1. The van der Waals surface area contributed by atoms with Crippen LogP contribution in [0.4, 0.5) is 0 Å². The molecule has 1 aromatic heterocycles. The molecular formula is C14H20N2O2. The van der Waals surface area contributed by atoms with Crippen LogP contribution in [0.5, 0.6) is 0 Å². The zero-order chi connectivity index (χ0) is 13.0. The summed E-state index contributed by atoms with van der Waals surface area (Å²) in [5.74, 6) is 1.13. The molecule has 1 aliphatic rings. The first-order valence-corrected chi connectivity index (χ1v) is 6.65. The van der Waals surface area contributed by atoms with Crippen LogP contribution >= 0.6 is 0 Å². The van der Waals surface area contributed by atoms with Crippen molar-refractivity contribution in [2.75, 3.05) is 0 Å². The fourth-order valence-corrected chi connectivity index (χ4v) is 2.29. The maximum absolute atomic E-state index is 11.9. The monoisotopic (exact) mass is 248 g/mol. The maximum atomic E-state index is 11.9. The van der Waals surface area contributed by atoms with Gasteiger partial charge in [-0.15, -0.1) is 0 Å². The van der Waals surface area contributed by atoms with Crippen molar-refractivity contribution in [3.63, 3.8) is 0 Å². The molecule has 0 saturated carbocycles. The minimum Gasteiger partial charge on any atom is -0.361 e. The average Bonchev–Trinajstić information content (AvgIpc) is 3.04. The second kappa shape index (κ2) is 5.85. The number of nitrogens with zero attached hydrogens (tertiary/aromatic N) is 1. The van der Waals surface area contributed by atoms with Crippen LogP contribution < -0.4 is 5.32 Å². The van der Waals surface area contributed by atoms with Crippen molar-refractivity contribution < 1.29 is 9.32 Å². The number of carbonyl (C=O) groups excluding carboxylic acids is 1. The molecule has 1 heterocycles. The highest BCUT2D eigenvalue weighted by molar-refractivity contribution is 5.79. The average molecular weight is 248 g/mol. The molecule has 1 N–H and O–H groups in total. The summed E-state index contributed by atoms with van der Waals surface area (Å²) < 4.78 is 5.28. The Bertz CT molecular complexity index is 419. The van der Waals surface area contributed by atoms with E-state index in [1.165, 1.54) is 0 Å². The van der Waals surface area contributed by atoms with Gasteiger partial charge in [0, 0.05) is 24.4 Å². The lowest BCUT2D eigenvalue weighted by molar-refractivity contribution is -0.124. The summed E-state index contributed by atoms with van der Waals surface area (Å²) in [5, 5.41) is 7.04. The van der Waals surface area contributed by atoms with Crippen LogP contribution in [-0.2, 0) is 24.2 Å². The van der Waals surface area contributed by atoms with Crippen LogP contribution in [0.2, 0.25) is 0 Å². The van der Waals surface area contributed by atoms with E-state index in [0.717, 1.165) is 42.7 Å². The molecule has 98 valence electrons. The van der Waals surface area contributed by atoms with Crippen LogP contribution in [-0.4, -0.2) is 11.1 Å². The Morgan fingerprint density at radius 1 is 1.39 bits per heavy atom. The van der Waals surface area contributed by atoms with Gasteiger partial charge in [-0.25, -0.2) is 0 Å². The van der Waals surface area contributed by atoms with Gasteiger partial charge in [0.25, 0.3) is 0 Å². The predicted molar refractivity (Wildman–Crippen MR) is 69.0 cm³/mol. The SMILES string of the molecule is CCc1noc(CC)c1CNC(=O)C1CC=CC1. The van der Waals surface area contributed by atoms with Crippen molar-refractivity contribution in [1.29, 1.82) is 0 Å². The van der Waals surface area contributed by atoms with Crippen molar-refractivity contribution in [2.24, 2.45) is 5.92 Å². The normalized spacial score (nSPS) is 15.2. The quantitative estimate of drug-likeness (QED) is 0.814. The van der Waals surface area contributed by atoms with Crippen LogP contribution in [0.1, 0.15) is 43.7 Å². The van der Waals surface area contributed by atoms with E-state index in [4.69, 9.17) is 4.52 Å². The van der Waals surface area contributed by atoms with Gasteiger partial charge in [-0.2, -0.15) is 0 Å². The molecular weight excluding hydrogens is 228 g/mol. The van der Waals surface area contributed by atoms with Gasteiger partial charge in [0.2, 0.25) is 5.91 Å². The van der Waals surface area contributed by atoms with Gasteiger partial charge in [0.05, 0.1) is 5.69 Å². The zero-order valence-electron chi connectivity index (χ0n) is 11.0. The number of allylic oxidation sites excluding steroid dienone is 2. The van der Waals surface area contributed by atoms with Crippen LogP contribution in [0.3, 0.4) is 0 Å². The van der Waals surface area contributed by atoms with Gasteiger partial charge >= 0.3 is 0 Å². The lowest BCUT2D eigenvalue weighted by atomic mass is 10.1. The molecule has 0 atom stereocenters. The Balaban J connectivity index is 1.96. The number of hydrogen-bond acceptors (Lipinski definition) is 3. The first-order chi connectivity index (χ1) is 8.76. The summed E-state index contributed by atoms with van der Waals surface area (Å²) in [6, 6.07) is 0. The first-order valence-electron chi connectivity index (χ1n) is 6.65. The molecule has 18 heavy (non-hydrogen) atoms. The highest BCUT2D eigenvalue weighted by Crippen LogP contribution is 2.19. The van der Waals surface area contributed by atoms with Crippen molar-refractivity contribution in [3.8, 4) is 0 Å². The fraction of sp³-hybridized carbons (Fsp3) is 0.571. The van der Waals surface area contributed by atoms with Crippen LogP contribution in [0.25, 0.3) is 0 Å². The van der Waals surface area contributed by atoms with E-state index in [-0.39, 0.29) is 11.8 Å². The van der Waals surface area contributed by atoms with E-state index in [0.29, 0.717) is 6.54 Å². The number of hydrogen-bond donors (Lipinski definition) is 1. The second-order valence-electron chi connectivity index (χ2n) is 4.60. The Morgan fingerprint density at radius 3 is 2.72 bits per heavy atom. The molecule has 1 amide bonds. The third-order valence-electron chi connectivity index (χ3n) is 3.43. The van der Waals surface area contributed by atoms with E-state index in [9.17, 15) is 4.79 Å². The molecule has 0 aliphatic heterocycles. The Labute approximate surface area is 107 Å². The molecule has 4 nitrogen and oxygen atoms in total. The van der Waals surface area contributed by atoms with Crippen molar-refractivity contribution in [1.82, 2.24) is 10.5 Å². The molecule has 1 aromatic rings. The van der Waals surface area contributed by atoms with Gasteiger partial charge in [-0.3, -0.25) is 4.79 Å². The van der Waals surface area contributed by atoms with Gasteiger partial charge < -0.3 is 9.84 Å². The third-order valence-corrected chi connectivity index (χ3v) is 3.43. The molecule has 0 fully saturated rings. The number of rotatable bonds is 5. The minimum atomic E-state index is 0.111. The first kappa shape index (κ1) is 12.9. The zero-order valence-corrected chi connectivity index (χ0v) is 11.0. The summed E-state index contributed by atoms with van der Waals surface area (Å²) in [4.78, 5) is 11.9. The topological polar surface area (TPSA) is 55.1 Å². The van der Waals surface area contributed by atoms with Crippen molar-refractivity contribution in [3.05, 3.63) is 29.2 Å². The number of aromatic nitrogens is 1. The summed E-state index contributed by atoms with van der Waals surface area (Å²) in [5.41, 5.74) is 2.01. The molecule has 0 spiro atoms. The second-order valence-corrected chi connectivity index (χ2v) is 4.60. The van der Waals surface area contributed by atoms with E-state index in [1.54, 1.807) is 0 Å². The lowest BCUT2D eigenvalue weighted by Crippen LogP contribution is -2.29. The van der Waals surface area contributed by atoms with Crippen LogP contribution in [0, 0.1) is 5.92 Å². The molecule has 2 rings (SSSR count). The standard InChI is InChI=1S/C14H20N2O2/c1-3-12-11(13(4-2)18-16-12)9-15-14(17)10-7-5-6-8-10/h5-6,10H,3-4,7-9H2,1-2H3,(H,15,17). The number of carbonyl (C=O) groups is 1. The highest BCUT2D eigenvalue weighted by Gasteiger charge is 2.20. The molecule has 0 unspecified atom stereocenters. The van der Waals surface area contributed by atoms with Crippen molar-refractivity contribution >= 4 is 5.91 Å².